The fourth-order valence-corrected chi connectivity index (χ4v) is 3.67. The maximum Gasteiger partial charge on any atom is 0.408 e. The highest BCUT2D eigenvalue weighted by Gasteiger charge is 2.45. The molecule has 2 fully saturated rings. The molecule has 0 aromatic heterocycles. The van der Waals surface area contributed by atoms with Gasteiger partial charge in [-0.25, -0.2) is 9.59 Å². The second kappa shape index (κ2) is 8.10. The van der Waals surface area contributed by atoms with E-state index in [1.165, 1.54) is 12.7 Å². The lowest BCUT2D eigenvalue weighted by Crippen LogP contribution is -2.55. The minimum absolute atomic E-state index is 0.0407. The molecule has 26 heavy (non-hydrogen) atoms. The van der Waals surface area contributed by atoms with Crippen molar-refractivity contribution in [1.29, 1.82) is 0 Å². The molecule has 0 aromatic rings. The predicted molar refractivity (Wildman–Crippen MR) is 96.4 cm³/mol. The third-order valence-electron chi connectivity index (χ3n) is 4.88. The molecule has 0 aliphatic carbocycles. The lowest BCUT2D eigenvalue weighted by molar-refractivity contribution is -0.153. The van der Waals surface area contributed by atoms with Gasteiger partial charge in [-0.15, -0.1) is 0 Å². The van der Waals surface area contributed by atoms with E-state index < -0.39 is 29.7 Å². The molecular formula is C19H30N2O5. The lowest BCUT2D eigenvalue weighted by Gasteiger charge is -2.35. The molecule has 2 aliphatic rings. The van der Waals surface area contributed by atoms with Crippen LogP contribution < -0.4 is 5.32 Å². The predicted octanol–water partition coefficient (Wildman–Crippen LogP) is 2.54. The summed E-state index contributed by atoms with van der Waals surface area (Å²) in [5, 5.41) is 2.70. The van der Waals surface area contributed by atoms with E-state index in [0.717, 1.165) is 19.3 Å². The van der Waals surface area contributed by atoms with Gasteiger partial charge in [0.1, 0.15) is 17.7 Å². The summed E-state index contributed by atoms with van der Waals surface area (Å²) < 4.78 is 10.2. The van der Waals surface area contributed by atoms with Crippen LogP contribution in [0.15, 0.2) is 11.6 Å². The maximum atomic E-state index is 13.1. The molecule has 0 unspecified atom stereocenters. The molecule has 0 radical (unpaired) electrons. The van der Waals surface area contributed by atoms with E-state index in [0.29, 0.717) is 12.8 Å². The van der Waals surface area contributed by atoms with Crippen LogP contribution in [-0.4, -0.2) is 53.7 Å². The lowest BCUT2D eigenvalue weighted by atomic mass is 9.94. The van der Waals surface area contributed by atoms with Crippen molar-refractivity contribution < 1.29 is 23.9 Å². The van der Waals surface area contributed by atoms with Gasteiger partial charge in [0.15, 0.2) is 0 Å². The van der Waals surface area contributed by atoms with Crippen LogP contribution in [0.3, 0.4) is 0 Å². The molecule has 0 spiro atoms. The number of fused-ring (bicyclic) bond motifs is 1. The number of amides is 2. The number of carbonyl (C=O) groups excluding carboxylic acids is 3. The van der Waals surface area contributed by atoms with E-state index in [9.17, 15) is 14.4 Å². The van der Waals surface area contributed by atoms with Crippen LogP contribution in [0.4, 0.5) is 4.79 Å². The van der Waals surface area contributed by atoms with Crippen LogP contribution >= 0.6 is 0 Å². The third-order valence-corrected chi connectivity index (χ3v) is 4.88. The van der Waals surface area contributed by atoms with Crippen molar-refractivity contribution in [1.82, 2.24) is 10.2 Å². The fraction of sp³-hybridized carbons (Fsp3) is 0.737. The molecule has 2 amide bonds. The van der Waals surface area contributed by atoms with Crippen LogP contribution in [-0.2, 0) is 19.1 Å². The Morgan fingerprint density at radius 1 is 1.23 bits per heavy atom. The van der Waals surface area contributed by atoms with E-state index in [1.54, 1.807) is 25.7 Å². The van der Waals surface area contributed by atoms with Crippen molar-refractivity contribution in [2.45, 2.75) is 83.5 Å². The first-order chi connectivity index (χ1) is 12.2. The Balaban J connectivity index is 2.23. The van der Waals surface area contributed by atoms with Gasteiger partial charge in [0.25, 0.3) is 0 Å². The second-order valence-corrected chi connectivity index (χ2v) is 7.90. The minimum atomic E-state index is -0.715. The van der Waals surface area contributed by atoms with Crippen molar-refractivity contribution in [3.63, 3.8) is 0 Å². The average molecular weight is 366 g/mol. The van der Waals surface area contributed by atoms with E-state index in [-0.39, 0.29) is 11.9 Å². The summed E-state index contributed by atoms with van der Waals surface area (Å²) >= 11 is 0. The minimum Gasteiger partial charge on any atom is -0.467 e. The van der Waals surface area contributed by atoms with Gasteiger partial charge in [-0.05, 0) is 59.8 Å². The maximum absolute atomic E-state index is 13.1. The van der Waals surface area contributed by atoms with E-state index >= 15 is 0 Å². The van der Waals surface area contributed by atoms with E-state index in [1.807, 2.05) is 6.92 Å². The molecule has 2 rings (SSSR count). The monoisotopic (exact) mass is 366 g/mol. The number of methoxy groups -OCH3 is 1. The molecule has 0 aromatic carbocycles. The number of allylic oxidation sites excluding steroid dienone is 1. The Morgan fingerprint density at radius 2 is 1.92 bits per heavy atom. The molecular weight excluding hydrogens is 336 g/mol. The van der Waals surface area contributed by atoms with Gasteiger partial charge in [-0.3, -0.25) is 4.79 Å². The second-order valence-electron chi connectivity index (χ2n) is 7.90. The zero-order valence-electron chi connectivity index (χ0n) is 16.3. The van der Waals surface area contributed by atoms with Crippen LogP contribution in [0.2, 0.25) is 0 Å². The number of carbonyl (C=O) groups is 3. The van der Waals surface area contributed by atoms with Crippen molar-refractivity contribution in [2.75, 3.05) is 7.11 Å². The Labute approximate surface area is 155 Å². The Kier molecular flexibility index (Phi) is 6.31. The summed E-state index contributed by atoms with van der Waals surface area (Å²) in [6.45, 7) is 7.29. The van der Waals surface area contributed by atoms with Crippen molar-refractivity contribution in [3.05, 3.63) is 11.6 Å². The summed E-state index contributed by atoms with van der Waals surface area (Å²) in [5.41, 5.74) is 0.586. The summed E-state index contributed by atoms with van der Waals surface area (Å²) in [5.74, 6) is -0.636. The van der Waals surface area contributed by atoms with Gasteiger partial charge in [0.2, 0.25) is 5.91 Å². The molecule has 7 heteroatoms. The highest BCUT2D eigenvalue weighted by atomic mass is 16.6. The van der Waals surface area contributed by atoms with Gasteiger partial charge in [0, 0.05) is 6.04 Å². The first kappa shape index (κ1) is 20.3. The molecule has 7 nitrogen and oxygen atoms in total. The van der Waals surface area contributed by atoms with Crippen molar-refractivity contribution in [2.24, 2.45) is 0 Å². The van der Waals surface area contributed by atoms with Crippen LogP contribution in [0.5, 0.6) is 0 Å². The van der Waals surface area contributed by atoms with Crippen LogP contribution in [0, 0.1) is 0 Å². The molecule has 2 heterocycles. The number of nitrogens with one attached hydrogen (secondary N) is 1. The molecule has 2 saturated heterocycles. The van der Waals surface area contributed by atoms with Gasteiger partial charge in [0.05, 0.1) is 7.11 Å². The zero-order valence-corrected chi connectivity index (χ0v) is 16.3. The van der Waals surface area contributed by atoms with Gasteiger partial charge < -0.3 is 19.7 Å². The number of rotatable bonds is 2. The number of esters is 1. The van der Waals surface area contributed by atoms with Crippen molar-refractivity contribution in [3.8, 4) is 0 Å². The van der Waals surface area contributed by atoms with Gasteiger partial charge in [-0.1, -0.05) is 11.6 Å². The number of nitrogens with zero attached hydrogens (tertiary/aromatic N) is 1. The number of alkyl carbamates (subject to hydrolysis) is 1. The Hall–Kier alpha value is -2.05. The van der Waals surface area contributed by atoms with E-state index in [4.69, 9.17) is 9.47 Å². The topological polar surface area (TPSA) is 84.9 Å². The SMILES string of the molecule is C/C=C1\CC[C@H](NC(=O)OC(C)(C)C)C(=O)N2[C@H](CC[C@H]2C(=O)OC)C1. The smallest absolute Gasteiger partial charge is 0.408 e. The standard InChI is InChI=1S/C19H30N2O5/c1-6-12-7-9-14(20-18(24)26-19(2,3)4)16(22)21-13(11-12)8-10-15(21)17(23)25-5/h6,13-15H,7-11H2,1-5H3,(H,20,24)/b12-6+/t13-,14+,15+/m1/s1. The van der Waals surface area contributed by atoms with Gasteiger partial charge in [-0.2, -0.15) is 0 Å². The van der Waals surface area contributed by atoms with Crippen LogP contribution in [0.25, 0.3) is 0 Å². The molecule has 146 valence electrons. The third kappa shape index (κ3) is 4.77. The fourth-order valence-electron chi connectivity index (χ4n) is 3.67. The number of hydrogen-bond donors (Lipinski definition) is 1. The van der Waals surface area contributed by atoms with Gasteiger partial charge >= 0.3 is 12.1 Å². The molecule has 0 saturated carbocycles. The average Bonchev–Trinajstić information content (AvgIpc) is 2.96. The summed E-state index contributed by atoms with van der Waals surface area (Å²) in [6, 6.07) is -1.34. The zero-order chi connectivity index (χ0) is 19.5. The summed E-state index contributed by atoms with van der Waals surface area (Å²) in [7, 11) is 1.33. The molecule has 3 atom stereocenters. The quantitative estimate of drug-likeness (QED) is 0.600. The van der Waals surface area contributed by atoms with Crippen LogP contribution in [0.1, 0.15) is 59.8 Å². The van der Waals surface area contributed by atoms with Crippen molar-refractivity contribution >= 4 is 18.0 Å². The normalized spacial score (nSPS) is 28.2. The Bertz CT molecular complexity index is 593. The first-order valence-corrected chi connectivity index (χ1v) is 9.20. The summed E-state index contributed by atoms with van der Waals surface area (Å²) in [4.78, 5) is 39.1. The number of hydrogen-bond acceptors (Lipinski definition) is 5. The highest BCUT2D eigenvalue weighted by Crippen LogP contribution is 2.33. The number of ether oxygens (including phenoxy) is 2. The highest BCUT2D eigenvalue weighted by molar-refractivity contribution is 5.90. The largest absolute Gasteiger partial charge is 0.467 e. The Morgan fingerprint density at radius 3 is 2.50 bits per heavy atom. The molecule has 1 N–H and O–H groups in total. The molecule has 0 bridgehead atoms. The summed E-state index contributed by atoms with van der Waals surface area (Å²) in [6.07, 6.45) is 4.74. The molecule has 2 aliphatic heterocycles. The first-order valence-electron chi connectivity index (χ1n) is 9.20. The van der Waals surface area contributed by atoms with E-state index in [2.05, 4.69) is 11.4 Å².